The molecule has 172 valence electrons. The molecule has 5 rings (SSSR count). The molecule has 0 saturated carbocycles. The van der Waals surface area contributed by atoms with Crippen LogP contribution in [0.25, 0.3) is 16.7 Å². The smallest absolute Gasteiger partial charge is 0.147 e. The lowest BCUT2D eigenvalue weighted by atomic mass is 9.93. The quantitative estimate of drug-likeness (QED) is 0.377. The van der Waals surface area contributed by atoms with Crippen molar-refractivity contribution in [3.8, 4) is 11.1 Å². The first-order valence-electron chi connectivity index (χ1n) is 12.1. The fraction of sp³-hybridized carbons (Fsp3) is 0.226. The van der Waals surface area contributed by atoms with Crippen molar-refractivity contribution < 1.29 is 4.39 Å². The SMILES string of the molecule is C=CC1=CN(Cc2ccc(-c3ccccc3)cc2)c2cc(N3CCC(CC)C3)c(F)cc2C1=C. The number of hydrogen-bond donors (Lipinski definition) is 0. The summed E-state index contributed by atoms with van der Waals surface area (Å²) in [5.41, 5.74) is 7.87. The Bertz CT molecular complexity index is 1240. The molecule has 2 heterocycles. The molecule has 0 aromatic heterocycles. The molecular formula is C31H31FN2. The van der Waals surface area contributed by atoms with E-state index in [-0.39, 0.29) is 5.82 Å². The molecule has 1 saturated heterocycles. The lowest BCUT2D eigenvalue weighted by molar-refractivity contribution is 0.567. The van der Waals surface area contributed by atoms with E-state index in [2.05, 4.69) is 84.6 Å². The molecule has 2 nitrogen and oxygen atoms in total. The number of fused-ring (bicyclic) bond motifs is 1. The minimum Gasteiger partial charge on any atom is -0.369 e. The second-order valence-electron chi connectivity index (χ2n) is 9.29. The van der Waals surface area contributed by atoms with Crippen LogP contribution >= 0.6 is 0 Å². The first-order valence-corrected chi connectivity index (χ1v) is 12.1. The van der Waals surface area contributed by atoms with Gasteiger partial charge in [0.2, 0.25) is 0 Å². The molecule has 0 bridgehead atoms. The van der Waals surface area contributed by atoms with Crippen LogP contribution in [-0.2, 0) is 6.54 Å². The largest absolute Gasteiger partial charge is 0.369 e. The Morgan fingerprint density at radius 2 is 1.74 bits per heavy atom. The van der Waals surface area contributed by atoms with Crippen LogP contribution in [0.3, 0.4) is 0 Å². The van der Waals surface area contributed by atoms with Crippen LogP contribution in [0, 0.1) is 11.7 Å². The van der Waals surface area contributed by atoms with Gasteiger partial charge in [0.05, 0.1) is 11.4 Å². The van der Waals surface area contributed by atoms with E-state index in [9.17, 15) is 0 Å². The van der Waals surface area contributed by atoms with Crippen molar-refractivity contribution in [1.82, 2.24) is 0 Å². The number of hydrogen-bond acceptors (Lipinski definition) is 2. The lowest BCUT2D eigenvalue weighted by Gasteiger charge is -2.32. The molecule has 2 aliphatic rings. The molecule has 0 N–H and O–H groups in total. The number of rotatable bonds is 6. The topological polar surface area (TPSA) is 6.48 Å². The zero-order valence-corrected chi connectivity index (χ0v) is 19.8. The number of anilines is 2. The van der Waals surface area contributed by atoms with Crippen LogP contribution in [0.4, 0.5) is 15.8 Å². The van der Waals surface area contributed by atoms with Gasteiger partial charge in [-0.15, -0.1) is 0 Å². The highest BCUT2D eigenvalue weighted by molar-refractivity contribution is 5.92. The number of allylic oxidation sites excluding steroid dienone is 3. The number of nitrogens with zero attached hydrogens (tertiary/aromatic N) is 2. The highest BCUT2D eigenvalue weighted by Crippen LogP contribution is 2.42. The van der Waals surface area contributed by atoms with Gasteiger partial charge in [-0.25, -0.2) is 4.39 Å². The number of benzene rings is 3. The first-order chi connectivity index (χ1) is 16.6. The second kappa shape index (κ2) is 9.34. The maximum Gasteiger partial charge on any atom is 0.147 e. The van der Waals surface area contributed by atoms with Gasteiger partial charge in [0, 0.05) is 31.4 Å². The molecule has 1 atom stereocenters. The van der Waals surface area contributed by atoms with Crippen molar-refractivity contribution in [2.24, 2.45) is 5.92 Å². The Hall–Kier alpha value is -3.59. The average Bonchev–Trinajstić information content (AvgIpc) is 3.35. The van der Waals surface area contributed by atoms with Crippen molar-refractivity contribution in [1.29, 1.82) is 0 Å². The standard InChI is InChI=1S/C31H31FN2/c1-4-23-15-16-33(19-23)31-18-30-28(17-29(31)32)22(3)25(5-2)21-34(30)20-24-11-13-27(14-12-24)26-9-7-6-8-10-26/h5-14,17-18,21,23H,2-4,15-16,19-20H2,1H3. The molecule has 1 fully saturated rings. The maximum atomic E-state index is 15.3. The predicted molar refractivity (Wildman–Crippen MR) is 142 cm³/mol. The summed E-state index contributed by atoms with van der Waals surface area (Å²) in [6, 6.07) is 22.7. The summed E-state index contributed by atoms with van der Waals surface area (Å²) < 4.78 is 15.3. The summed E-state index contributed by atoms with van der Waals surface area (Å²) >= 11 is 0. The van der Waals surface area contributed by atoms with Crippen LogP contribution in [0.5, 0.6) is 0 Å². The van der Waals surface area contributed by atoms with E-state index in [0.717, 1.165) is 48.3 Å². The highest BCUT2D eigenvalue weighted by Gasteiger charge is 2.27. The summed E-state index contributed by atoms with van der Waals surface area (Å²) in [4.78, 5) is 4.40. The van der Waals surface area contributed by atoms with E-state index in [4.69, 9.17) is 0 Å². The molecule has 1 unspecified atom stereocenters. The van der Waals surface area contributed by atoms with Crippen molar-refractivity contribution >= 4 is 16.9 Å². The van der Waals surface area contributed by atoms with Gasteiger partial charge in [-0.3, -0.25) is 0 Å². The van der Waals surface area contributed by atoms with Gasteiger partial charge in [-0.2, -0.15) is 0 Å². The molecule has 3 aromatic carbocycles. The molecule has 34 heavy (non-hydrogen) atoms. The van der Waals surface area contributed by atoms with Gasteiger partial charge in [-0.05, 0) is 52.3 Å². The Morgan fingerprint density at radius 3 is 2.41 bits per heavy atom. The van der Waals surface area contributed by atoms with E-state index in [1.165, 1.54) is 16.7 Å². The summed E-state index contributed by atoms with van der Waals surface area (Å²) in [6.45, 7) is 12.9. The number of halogens is 1. The Kier molecular flexibility index (Phi) is 6.10. The summed E-state index contributed by atoms with van der Waals surface area (Å²) in [6.07, 6.45) is 6.15. The molecule has 0 aliphatic carbocycles. The molecule has 2 aliphatic heterocycles. The molecule has 0 radical (unpaired) electrons. The van der Waals surface area contributed by atoms with E-state index in [0.29, 0.717) is 18.2 Å². The van der Waals surface area contributed by atoms with Gasteiger partial charge < -0.3 is 9.80 Å². The first kappa shape index (κ1) is 22.2. The zero-order chi connectivity index (χ0) is 23.7. The molecule has 3 heteroatoms. The van der Waals surface area contributed by atoms with Crippen molar-refractivity contribution in [3.63, 3.8) is 0 Å². The minimum absolute atomic E-state index is 0.172. The normalized spacial score (nSPS) is 17.5. The lowest BCUT2D eigenvalue weighted by Crippen LogP contribution is -2.24. The van der Waals surface area contributed by atoms with Crippen LogP contribution in [0.2, 0.25) is 0 Å². The van der Waals surface area contributed by atoms with E-state index in [1.54, 1.807) is 12.1 Å². The van der Waals surface area contributed by atoms with Gasteiger partial charge >= 0.3 is 0 Å². The molecular weight excluding hydrogens is 419 g/mol. The Morgan fingerprint density at radius 1 is 1.00 bits per heavy atom. The maximum absolute atomic E-state index is 15.3. The van der Waals surface area contributed by atoms with Gasteiger partial charge in [-0.1, -0.05) is 87.2 Å². The third kappa shape index (κ3) is 4.19. The van der Waals surface area contributed by atoms with Crippen LogP contribution in [-0.4, -0.2) is 13.1 Å². The Balaban J connectivity index is 1.47. The summed E-state index contributed by atoms with van der Waals surface area (Å²) in [5.74, 6) is 0.464. The predicted octanol–water partition coefficient (Wildman–Crippen LogP) is 7.83. The van der Waals surface area contributed by atoms with Gasteiger partial charge in [0.25, 0.3) is 0 Å². The van der Waals surface area contributed by atoms with Crippen molar-refractivity contribution in [3.05, 3.63) is 115 Å². The Labute approximate surface area is 202 Å². The second-order valence-corrected chi connectivity index (χ2v) is 9.29. The third-order valence-corrected chi connectivity index (χ3v) is 7.18. The third-order valence-electron chi connectivity index (χ3n) is 7.18. The molecule has 3 aromatic rings. The molecule has 0 spiro atoms. The fourth-order valence-electron chi connectivity index (χ4n) is 5.06. The van der Waals surface area contributed by atoms with Gasteiger partial charge in [0.15, 0.2) is 0 Å². The van der Waals surface area contributed by atoms with E-state index >= 15 is 4.39 Å². The monoisotopic (exact) mass is 450 g/mol. The van der Waals surface area contributed by atoms with Crippen molar-refractivity contribution in [2.75, 3.05) is 22.9 Å². The van der Waals surface area contributed by atoms with E-state index in [1.807, 2.05) is 12.1 Å². The van der Waals surface area contributed by atoms with Crippen LogP contribution in [0.15, 0.2) is 97.7 Å². The summed E-state index contributed by atoms with van der Waals surface area (Å²) in [7, 11) is 0. The van der Waals surface area contributed by atoms with Crippen molar-refractivity contribution in [2.45, 2.75) is 26.3 Å². The minimum atomic E-state index is -0.172. The zero-order valence-electron chi connectivity index (χ0n) is 19.8. The average molecular weight is 451 g/mol. The fourth-order valence-corrected chi connectivity index (χ4v) is 5.06. The molecule has 0 amide bonds. The van der Waals surface area contributed by atoms with Crippen LogP contribution in [0.1, 0.15) is 30.9 Å². The van der Waals surface area contributed by atoms with E-state index < -0.39 is 0 Å². The summed E-state index contributed by atoms with van der Waals surface area (Å²) in [5, 5.41) is 0. The van der Waals surface area contributed by atoms with Crippen LogP contribution < -0.4 is 9.80 Å². The van der Waals surface area contributed by atoms with Gasteiger partial charge in [0.1, 0.15) is 5.82 Å². The highest BCUT2D eigenvalue weighted by atomic mass is 19.1.